The lowest BCUT2D eigenvalue weighted by molar-refractivity contribution is -0.133. The number of carbonyl (C=O) groups excluding carboxylic acids is 1. The van der Waals surface area contributed by atoms with E-state index in [0.29, 0.717) is 11.3 Å². The van der Waals surface area contributed by atoms with Crippen molar-refractivity contribution in [3.63, 3.8) is 0 Å². The number of amides is 1. The highest BCUT2D eigenvalue weighted by molar-refractivity contribution is 7.10. The summed E-state index contributed by atoms with van der Waals surface area (Å²) < 4.78 is 11.0. The lowest BCUT2D eigenvalue weighted by Gasteiger charge is -2.48. The minimum Gasteiger partial charge on any atom is -0.384 e. The van der Waals surface area contributed by atoms with Crippen molar-refractivity contribution in [1.82, 2.24) is 4.90 Å². The van der Waals surface area contributed by atoms with Crippen LogP contribution in [-0.4, -0.2) is 50.8 Å². The van der Waals surface area contributed by atoms with E-state index in [2.05, 4.69) is 0 Å². The van der Waals surface area contributed by atoms with Crippen LogP contribution in [0.3, 0.4) is 0 Å². The number of hydrogen-bond donors (Lipinski definition) is 0. The summed E-state index contributed by atoms with van der Waals surface area (Å²) in [5, 5.41) is 2.02. The Morgan fingerprint density at radius 3 is 3.00 bits per heavy atom. The number of nitrogens with zero attached hydrogens (tertiary/aromatic N) is 1. The molecule has 1 atom stereocenters. The molecule has 1 aromatic rings. The van der Waals surface area contributed by atoms with Crippen molar-refractivity contribution >= 4 is 23.3 Å². The van der Waals surface area contributed by atoms with Crippen LogP contribution in [0.4, 0.5) is 0 Å². The Morgan fingerprint density at radius 2 is 2.30 bits per heavy atom. The summed E-state index contributed by atoms with van der Waals surface area (Å²) in [7, 11) is 1.76. The molecule has 3 rings (SSSR count). The summed E-state index contributed by atoms with van der Waals surface area (Å²) in [5.74, 6) is 0.587. The molecule has 2 saturated heterocycles. The molecule has 3 heterocycles. The van der Waals surface area contributed by atoms with Crippen LogP contribution in [-0.2, 0) is 14.3 Å². The molecule has 0 N–H and O–H groups in total. The number of thiophene rings is 1. The second kappa shape index (κ2) is 7.60. The molecule has 2 fully saturated rings. The van der Waals surface area contributed by atoms with E-state index < -0.39 is 0 Å². The van der Waals surface area contributed by atoms with Crippen LogP contribution in [0.25, 0.3) is 6.08 Å². The van der Waals surface area contributed by atoms with Crippen LogP contribution in [0.15, 0.2) is 23.6 Å². The standard InChI is InChI=1S/C18H25NO3S/c1-21-13-15-14-22-11-8-18(15)6-9-19(10-7-18)17(20)5-4-16-3-2-12-23-16/h2-5,12,15H,6-11,13-14H2,1H3/b5-4+. The summed E-state index contributed by atoms with van der Waals surface area (Å²) in [6, 6.07) is 4.03. The van der Waals surface area contributed by atoms with Crippen molar-refractivity contribution in [2.45, 2.75) is 19.3 Å². The second-order valence-corrected chi connectivity index (χ2v) is 7.49. The third kappa shape index (κ3) is 3.84. The first-order chi connectivity index (χ1) is 11.2. The van der Waals surface area contributed by atoms with Crippen molar-refractivity contribution in [3.05, 3.63) is 28.5 Å². The number of ether oxygens (including phenoxy) is 2. The molecule has 2 aliphatic rings. The molecule has 1 spiro atoms. The zero-order valence-corrected chi connectivity index (χ0v) is 14.5. The van der Waals surface area contributed by atoms with Gasteiger partial charge in [-0.15, -0.1) is 11.3 Å². The highest BCUT2D eigenvalue weighted by Gasteiger charge is 2.43. The van der Waals surface area contributed by atoms with Crippen LogP contribution in [0, 0.1) is 11.3 Å². The lowest BCUT2D eigenvalue weighted by atomic mass is 9.66. The van der Waals surface area contributed by atoms with E-state index in [1.807, 2.05) is 28.5 Å². The Balaban J connectivity index is 1.57. The van der Waals surface area contributed by atoms with Crippen LogP contribution >= 0.6 is 11.3 Å². The fraction of sp³-hybridized carbons (Fsp3) is 0.611. The first-order valence-corrected chi connectivity index (χ1v) is 9.19. The monoisotopic (exact) mass is 335 g/mol. The minimum absolute atomic E-state index is 0.128. The number of hydrogen-bond acceptors (Lipinski definition) is 4. The smallest absolute Gasteiger partial charge is 0.246 e. The van der Waals surface area contributed by atoms with Gasteiger partial charge in [0.2, 0.25) is 5.91 Å². The average Bonchev–Trinajstić information content (AvgIpc) is 3.09. The number of piperidine rings is 1. The zero-order chi connectivity index (χ0) is 16.1. The average molecular weight is 335 g/mol. The molecule has 0 saturated carbocycles. The van der Waals surface area contributed by atoms with Gasteiger partial charge < -0.3 is 14.4 Å². The van der Waals surface area contributed by atoms with Gasteiger partial charge in [-0.3, -0.25) is 4.79 Å². The van der Waals surface area contributed by atoms with Gasteiger partial charge in [0.15, 0.2) is 0 Å². The molecule has 5 heteroatoms. The SMILES string of the molecule is COCC1COCCC12CCN(C(=O)/C=C/c1cccs1)CC2. The van der Waals surface area contributed by atoms with E-state index >= 15 is 0 Å². The molecule has 0 aliphatic carbocycles. The number of likely N-dealkylation sites (tertiary alicyclic amines) is 1. The summed E-state index contributed by atoms with van der Waals surface area (Å²) >= 11 is 1.65. The molecule has 0 radical (unpaired) electrons. The van der Waals surface area contributed by atoms with E-state index in [9.17, 15) is 4.79 Å². The van der Waals surface area contributed by atoms with Crippen molar-refractivity contribution in [3.8, 4) is 0 Å². The van der Waals surface area contributed by atoms with Crippen LogP contribution in [0.5, 0.6) is 0 Å². The number of carbonyl (C=O) groups is 1. The molecule has 0 aromatic carbocycles. The van der Waals surface area contributed by atoms with E-state index in [-0.39, 0.29) is 5.91 Å². The molecule has 126 valence electrons. The fourth-order valence-electron chi connectivity index (χ4n) is 3.78. The van der Waals surface area contributed by atoms with Crippen molar-refractivity contribution < 1.29 is 14.3 Å². The van der Waals surface area contributed by atoms with Crippen molar-refractivity contribution in [2.24, 2.45) is 11.3 Å². The molecular formula is C18H25NO3S. The summed E-state index contributed by atoms with van der Waals surface area (Å²) in [5.41, 5.74) is 0.294. The predicted molar refractivity (Wildman–Crippen MR) is 92.4 cm³/mol. The van der Waals surface area contributed by atoms with Gasteiger partial charge in [0.25, 0.3) is 0 Å². The molecule has 1 amide bonds. The van der Waals surface area contributed by atoms with Crippen molar-refractivity contribution in [1.29, 1.82) is 0 Å². The van der Waals surface area contributed by atoms with Gasteiger partial charge in [0, 0.05) is 43.7 Å². The van der Waals surface area contributed by atoms with Gasteiger partial charge in [-0.2, -0.15) is 0 Å². The second-order valence-electron chi connectivity index (χ2n) is 6.51. The van der Waals surface area contributed by atoms with Gasteiger partial charge in [-0.1, -0.05) is 6.07 Å². The first-order valence-electron chi connectivity index (χ1n) is 8.31. The predicted octanol–water partition coefficient (Wildman–Crippen LogP) is 3.05. The topological polar surface area (TPSA) is 38.8 Å². The van der Waals surface area contributed by atoms with Gasteiger partial charge in [-0.05, 0) is 42.2 Å². The van der Waals surface area contributed by atoms with Crippen LogP contribution in [0.1, 0.15) is 24.1 Å². The highest BCUT2D eigenvalue weighted by Crippen LogP contribution is 2.44. The highest BCUT2D eigenvalue weighted by atomic mass is 32.1. The molecule has 1 aromatic heterocycles. The zero-order valence-electron chi connectivity index (χ0n) is 13.7. The molecular weight excluding hydrogens is 310 g/mol. The van der Waals surface area contributed by atoms with Gasteiger partial charge in [-0.25, -0.2) is 0 Å². The van der Waals surface area contributed by atoms with Gasteiger partial charge >= 0.3 is 0 Å². The lowest BCUT2D eigenvalue weighted by Crippen LogP contribution is -2.50. The normalized spacial score (nSPS) is 24.4. The third-order valence-electron chi connectivity index (χ3n) is 5.30. The Morgan fingerprint density at radius 1 is 1.48 bits per heavy atom. The molecule has 4 nitrogen and oxygen atoms in total. The van der Waals surface area contributed by atoms with Crippen LogP contribution in [0.2, 0.25) is 0 Å². The Hall–Kier alpha value is -1.17. The maximum absolute atomic E-state index is 12.4. The Bertz CT molecular complexity index is 530. The Kier molecular flexibility index (Phi) is 5.51. The third-order valence-corrected chi connectivity index (χ3v) is 6.14. The van der Waals surface area contributed by atoms with Gasteiger partial charge in [0.1, 0.15) is 0 Å². The molecule has 2 aliphatic heterocycles. The Labute approximate surface area is 142 Å². The summed E-state index contributed by atoms with van der Waals surface area (Å²) in [6.45, 7) is 4.07. The van der Waals surface area contributed by atoms with E-state index in [1.165, 1.54) is 0 Å². The maximum Gasteiger partial charge on any atom is 0.246 e. The van der Waals surface area contributed by atoms with Gasteiger partial charge in [0.05, 0.1) is 13.2 Å². The fourth-order valence-corrected chi connectivity index (χ4v) is 4.40. The number of methoxy groups -OCH3 is 1. The van der Waals surface area contributed by atoms with E-state index in [4.69, 9.17) is 9.47 Å². The largest absolute Gasteiger partial charge is 0.384 e. The summed E-state index contributed by atoms with van der Waals surface area (Å²) in [6.07, 6.45) is 6.83. The van der Waals surface area contributed by atoms with Crippen molar-refractivity contribution in [2.75, 3.05) is 40.0 Å². The van der Waals surface area contributed by atoms with E-state index in [0.717, 1.165) is 57.0 Å². The first kappa shape index (κ1) is 16.7. The molecule has 23 heavy (non-hydrogen) atoms. The van der Waals surface area contributed by atoms with Crippen LogP contribution < -0.4 is 0 Å². The molecule has 1 unspecified atom stereocenters. The minimum atomic E-state index is 0.128. The quantitative estimate of drug-likeness (QED) is 0.794. The maximum atomic E-state index is 12.4. The van der Waals surface area contributed by atoms with E-state index in [1.54, 1.807) is 24.5 Å². The summed E-state index contributed by atoms with van der Waals surface area (Å²) in [4.78, 5) is 15.5. The molecule has 0 bridgehead atoms. The number of rotatable bonds is 4.